The summed E-state index contributed by atoms with van der Waals surface area (Å²) in [6.07, 6.45) is 2.31. The quantitative estimate of drug-likeness (QED) is 0.808. The number of hydrogen-bond acceptors (Lipinski definition) is 4. The standard InChI is InChI=1S/C22H24N2O4/c25-21(8-6-17-14-16-3-1-2-4-18(16)24-22(17)26)23-10-9-15-5-7-19-20(13-15)28-12-11-27-19/h1-5,7,13,17H,6,8-12,14H2,(H,23,25)(H,24,26). The number of para-hydroxylation sites is 1. The molecule has 0 radical (unpaired) electrons. The molecular formula is C22H24N2O4. The summed E-state index contributed by atoms with van der Waals surface area (Å²) in [6, 6.07) is 13.7. The SMILES string of the molecule is O=C(CCC1Cc2ccccc2NC1=O)NCCc1ccc2c(c1)OCCO2. The molecule has 146 valence electrons. The van der Waals surface area contributed by atoms with Gasteiger partial charge in [0.2, 0.25) is 11.8 Å². The number of benzene rings is 2. The second kappa shape index (κ2) is 8.33. The van der Waals surface area contributed by atoms with Gasteiger partial charge in [-0.2, -0.15) is 0 Å². The molecule has 2 heterocycles. The molecule has 0 spiro atoms. The molecule has 2 aromatic rings. The number of ether oxygens (including phenoxy) is 2. The highest BCUT2D eigenvalue weighted by Gasteiger charge is 2.26. The fraction of sp³-hybridized carbons (Fsp3) is 0.364. The molecule has 4 rings (SSSR count). The molecule has 0 saturated heterocycles. The number of fused-ring (bicyclic) bond motifs is 2. The summed E-state index contributed by atoms with van der Waals surface area (Å²) >= 11 is 0. The number of hydrogen-bond donors (Lipinski definition) is 2. The highest BCUT2D eigenvalue weighted by molar-refractivity contribution is 5.96. The summed E-state index contributed by atoms with van der Waals surface area (Å²) < 4.78 is 11.1. The third kappa shape index (κ3) is 4.27. The number of rotatable bonds is 6. The van der Waals surface area contributed by atoms with Crippen LogP contribution in [0.25, 0.3) is 0 Å². The molecule has 6 heteroatoms. The first-order chi connectivity index (χ1) is 13.7. The normalized spacial score (nSPS) is 17.4. The zero-order valence-electron chi connectivity index (χ0n) is 15.7. The van der Waals surface area contributed by atoms with Crippen molar-refractivity contribution in [3.05, 3.63) is 53.6 Å². The summed E-state index contributed by atoms with van der Waals surface area (Å²) in [7, 11) is 0. The third-order valence-corrected chi connectivity index (χ3v) is 5.17. The van der Waals surface area contributed by atoms with E-state index in [2.05, 4.69) is 10.6 Å². The van der Waals surface area contributed by atoms with E-state index in [-0.39, 0.29) is 17.7 Å². The lowest BCUT2D eigenvalue weighted by Crippen LogP contribution is -2.32. The molecule has 6 nitrogen and oxygen atoms in total. The lowest BCUT2D eigenvalue weighted by atomic mass is 9.89. The molecule has 1 unspecified atom stereocenters. The van der Waals surface area contributed by atoms with E-state index in [9.17, 15) is 9.59 Å². The minimum Gasteiger partial charge on any atom is -0.486 e. The molecule has 0 aromatic heterocycles. The highest BCUT2D eigenvalue weighted by atomic mass is 16.6. The van der Waals surface area contributed by atoms with Gasteiger partial charge >= 0.3 is 0 Å². The molecular weight excluding hydrogens is 356 g/mol. The average Bonchev–Trinajstić information content (AvgIpc) is 2.72. The molecule has 2 aromatic carbocycles. The Balaban J connectivity index is 1.22. The minimum atomic E-state index is -0.154. The Morgan fingerprint density at radius 2 is 1.93 bits per heavy atom. The molecule has 0 fully saturated rings. The Hall–Kier alpha value is -3.02. The van der Waals surface area contributed by atoms with Crippen LogP contribution in [-0.4, -0.2) is 31.6 Å². The maximum atomic E-state index is 12.2. The van der Waals surface area contributed by atoms with Gasteiger partial charge in [0.05, 0.1) is 0 Å². The predicted molar refractivity (Wildman–Crippen MR) is 106 cm³/mol. The molecule has 2 N–H and O–H groups in total. The van der Waals surface area contributed by atoms with Crippen molar-refractivity contribution in [2.75, 3.05) is 25.1 Å². The Labute approximate surface area is 164 Å². The van der Waals surface area contributed by atoms with E-state index >= 15 is 0 Å². The van der Waals surface area contributed by atoms with Crippen molar-refractivity contribution < 1.29 is 19.1 Å². The van der Waals surface area contributed by atoms with Crippen molar-refractivity contribution in [1.82, 2.24) is 5.32 Å². The van der Waals surface area contributed by atoms with E-state index in [1.165, 1.54) is 0 Å². The predicted octanol–water partition coefficient (Wildman–Crippen LogP) is 2.71. The zero-order chi connectivity index (χ0) is 19.3. The summed E-state index contributed by atoms with van der Waals surface area (Å²) in [5, 5.41) is 5.87. The zero-order valence-corrected chi connectivity index (χ0v) is 15.7. The maximum absolute atomic E-state index is 12.2. The van der Waals surface area contributed by atoms with Crippen LogP contribution in [0.15, 0.2) is 42.5 Å². The van der Waals surface area contributed by atoms with E-state index in [0.717, 1.165) is 34.7 Å². The smallest absolute Gasteiger partial charge is 0.227 e. The Bertz CT molecular complexity index is 881. The fourth-order valence-electron chi connectivity index (χ4n) is 3.63. The Kier molecular flexibility index (Phi) is 5.46. The second-order valence-corrected chi connectivity index (χ2v) is 7.16. The van der Waals surface area contributed by atoms with Crippen molar-refractivity contribution in [1.29, 1.82) is 0 Å². The van der Waals surface area contributed by atoms with E-state index in [0.29, 0.717) is 39.0 Å². The van der Waals surface area contributed by atoms with E-state index in [4.69, 9.17) is 9.47 Å². The van der Waals surface area contributed by atoms with E-state index in [1.807, 2.05) is 42.5 Å². The molecule has 2 aliphatic heterocycles. The summed E-state index contributed by atoms with van der Waals surface area (Å²) in [4.78, 5) is 24.4. The van der Waals surface area contributed by atoms with Gasteiger partial charge in [-0.15, -0.1) is 0 Å². The molecule has 1 atom stereocenters. The van der Waals surface area contributed by atoms with Crippen LogP contribution < -0.4 is 20.1 Å². The van der Waals surface area contributed by atoms with Gasteiger partial charge in [0, 0.05) is 24.6 Å². The first-order valence-electron chi connectivity index (χ1n) is 9.73. The van der Waals surface area contributed by atoms with Crippen molar-refractivity contribution in [3.8, 4) is 11.5 Å². The maximum Gasteiger partial charge on any atom is 0.227 e. The van der Waals surface area contributed by atoms with Gasteiger partial charge in [0.1, 0.15) is 13.2 Å². The van der Waals surface area contributed by atoms with Crippen LogP contribution in [0.3, 0.4) is 0 Å². The van der Waals surface area contributed by atoms with Gasteiger partial charge in [-0.1, -0.05) is 24.3 Å². The number of amides is 2. The van der Waals surface area contributed by atoms with Crippen LogP contribution in [0.1, 0.15) is 24.0 Å². The second-order valence-electron chi connectivity index (χ2n) is 7.16. The molecule has 0 bridgehead atoms. The van der Waals surface area contributed by atoms with Gasteiger partial charge in [-0.05, 0) is 48.6 Å². The summed E-state index contributed by atoms with van der Waals surface area (Å²) in [5.41, 5.74) is 3.10. The van der Waals surface area contributed by atoms with Crippen molar-refractivity contribution in [2.45, 2.75) is 25.7 Å². The molecule has 2 aliphatic rings. The number of nitrogens with one attached hydrogen (secondary N) is 2. The molecule has 28 heavy (non-hydrogen) atoms. The summed E-state index contributed by atoms with van der Waals surface area (Å²) in [6.45, 7) is 1.69. The van der Waals surface area contributed by atoms with Gasteiger partial charge < -0.3 is 20.1 Å². The van der Waals surface area contributed by atoms with Gasteiger partial charge in [0.15, 0.2) is 11.5 Å². The largest absolute Gasteiger partial charge is 0.486 e. The molecule has 2 amide bonds. The number of carbonyl (C=O) groups is 2. The molecule has 0 aliphatic carbocycles. The summed E-state index contributed by atoms with van der Waals surface area (Å²) in [5.74, 6) is 1.36. The van der Waals surface area contributed by atoms with Gasteiger partial charge in [-0.3, -0.25) is 9.59 Å². The van der Waals surface area contributed by atoms with Crippen LogP contribution in [-0.2, 0) is 22.4 Å². The number of carbonyl (C=O) groups excluding carboxylic acids is 2. The average molecular weight is 380 g/mol. The van der Waals surface area contributed by atoms with Gasteiger partial charge in [-0.25, -0.2) is 0 Å². The topological polar surface area (TPSA) is 76.7 Å². The van der Waals surface area contributed by atoms with Crippen LogP contribution in [0.5, 0.6) is 11.5 Å². The lowest BCUT2D eigenvalue weighted by Gasteiger charge is -2.24. The van der Waals surface area contributed by atoms with Crippen LogP contribution in [0.2, 0.25) is 0 Å². The molecule has 0 saturated carbocycles. The van der Waals surface area contributed by atoms with Crippen LogP contribution in [0.4, 0.5) is 5.69 Å². The van der Waals surface area contributed by atoms with E-state index in [1.54, 1.807) is 0 Å². The van der Waals surface area contributed by atoms with Crippen LogP contribution in [0, 0.1) is 5.92 Å². The van der Waals surface area contributed by atoms with Crippen molar-refractivity contribution in [3.63, 3.8) is 0 Å². The monoisotopic (exact) mass is 380 g/mol. The first-order valence-corrected chi connectivity index (χ1v) is 9.73. The minimum absolute atomic E-state index is 0.00257. The fourth-order valence-corrected chi connectivity index (χ4v) is 3.63. The Morgan fingerprint density at radius 3 is 2.82 bits per heavy atom. The van der Waals surface area contributed by atoms with Crippen LogP contribution >= 0.6 is 0 Å². The van der Waals surface area contributed by atoms with Crippen molar-refractivity contribution in [2.24, 2.45) is 5.92 Å². The van der Waals surface area contributed by atoms with Crippen molar-refractivity contribution >= 4 is 17.5 Å². The third-order valence-electron chi connectivity index (χ3n) is 5.17. The first kappa shape index (κ1) is 18.3. The van der Waals surface area contributed by atoms with Gasteiger partial charge in [0.25, 0.3) is 0 Å². The number of anilines is 1. The highest BCUT2D eigenvalue weighted by Crippen LogP contribution is 2.31. The van der Waals surface area contributed by atoms with E-state index < -0.39 is 0 Å². The Morgan fingerprint density at radius 1 is 1.11 bits per heavy atom. The lowest BCUT2D eigenvalue weighted by molar-refractivity contribution is -0.122.